The Bertz CT molecular complexity index is 374. The van der Waals surface area contributed by atoms with E-state index < -0.39 is 0 Å². The monoisotopic (exact) mass is 274 g/mol. The maximum atomic E-state index is 3.76. The standard InChI is InChI=1S/C18H30N2/c1-4-5-11-20-14-17(12-15(2)3)19-13-18(20)16-9-7-6-8-10-16/h6-10,15,17-19H,4-5,11-14H2,1-3H3. The topological polar surface area (TPSA) is 15.3 Å². The van der Waals surface area contributed by atoms with E-state index in [2.05, 4.69) is 61.3 Å². The van der Waals surface area contributed by atoms with Crippen LogP contribution in [0.2, 0.25) is 0 Å². The Labute approximate surface area is 124 Å². The van der Waals surface area contributed by atoms with Gasteiger partial charge in [0.15, 0.2) is 0 Å². The van der Waals surface area contributed by atoms with Gasteiger partial charge in [-0.2, -0.15) is 0 Å². The summed E-state index contributed by atoms with van der Waals surface area (Å²) in [7, 11) is 0. The van der Waals surface area contributed by atoms with Crippen molar-refractivity contribution in [1.29, 1.82) is 0 Å². The summed E-state index contributed by atoms with van der Waals surface area (Å²) < 4.78 is 0. The first kappa shape index (κ1) is 15.5. The van der Waals surface area contributed by atoms with Crippen molar-refractivity contribution in [1.82, 2.24) is 10.2 Å². The molecule has 0 amide bonds. The lowest BCUT2D eigenvalue weighted by Gasteiger charge is -2.41. The molecule has 1 aliphatic rings. The Morgan fingerprint density at radius 1 is 1.25 bits per heavy atom. The van der Waals surface area contributed by atoms with Crippen molar-refractivity contribution in [2.45, 2.75) is 52.1 Å². The molecule has 0 aromatic heterocycles. The Balaban J connectivity index is 2.03. The third kappa shape index (κ3) is 4.32. The van der Waals surface area contributed by atoms with Crippen LogP contribution in [0, 0.1) is 5.92 Å². The maximum Gasteiger partial charge on any atom is 0.0473 e. The molecule has 2 atom stereocenters. The van der Waals surface area contributed by atoms with Gasteiger partial charge < -0.3 is 5.32 Å². The lowest BCUT2D eigenvalue weighted by atomic mass is 9.96. The molecule has 1 fully saturated rings. The summed E-state index contributed by atoms with van der Waals surface area (Å²) in [5.74, 6) is 0.772. The summed E-state index contributed by atoms with van der Waals surface area (Å²) in [5, 5.41) is 3.76. The van der Waals surface area contributed by atoms with Gasteiger partial charge in [0.05, 0.1) is 0 Å². The molecule has 0 saturated carbocycles. The first-order chi connectivity index (χ1) is 9.70. The molecule has 1 saturated heterocycles. The van der Waals surface area contributed by atoms with E-state index in [9.17, 15) is 0 Å². The number of hydrogen-bond donors (Lipinski definition) is 1. The van der Waals surface area contributed by atoms with Crippen LogP contribution in [0.15, 0.2) is 30.3 Å². The molecule has 1 aliphatic heterocycles. The number of hydrogen-bond acceptors (Lipinski definition) is 2. The minimum absolute atomic E-state index is 0.547. The highest BCUT2D eigenvalue weighted by Crippen LogP contribution is 2.25. The second-order valence-electron chi connectivity index (χ2n) is 6.51. The van der Waals surface area contributed by atoms with Gasteiger partial charge in [-0.05, 0) is 30.9 Å². The minimum atomic E-state index is 0.547. The van der Waals surface area contributed by atoms with Crippen LogP contribution in [0.3, 0.4) is 0 Å². The molecule has 0 aliphatic carbocycles. The molecule has 2 heteroatoms. The zero-order valence-corrected chi connectivity index (χ0v) is 13.3. The zero-order chi connectivity index (χ0) is 14.4. The second kappa shape index (κ2) is 7.80. The number of unbranched alkanes of at least 4 members (excludes halogenated alkanes) is 1. The van der Waals surface area contributed by atoms with E-state index in [0.29, 0.717) is 12.1 Å². The van der Waals surface area contributed by atoms with Gasteiger partial charge in [-0.25, -0.2) is 0 Å². The lowest BCUT2D eigenvalue weighted by molar-refractivity contribution is 0.120. The van der Waals surface area contributed by atoms with Gasteiger partial charge in [0.25, 0.3) is 0 Å². The predicted octanol–water partition coefficient (Wildman–Crippen LogP) is 3.85. The van der Waals surface area contributed by atoms with E-state index in [-0.39, 0.29) is 0 Å². The van der Waals surface area contributed by atoms with Gasteiger partial charge in [0.2, 0.25) is 0 Å². The largest absolute Gasteiger partial charge is 0.311 e. The highest BCUT2D eigenvalue weighted by atomic mass is 15.2. The summed E-state index contributed by atoms with van der Waals surface area (Å²) >= 11 is 0. The molecular formula is C18H30N2. The molecule has 1 N–H and O–H groups in total. The van der Waals surface area contributed by atoms with Crippen LogP contribution in [-0.4, -0.2) is 30.6 Å². The van der Waals surface area contributed by atoms with Gasteiger partial charge in [0, 0.05) is 25.2 Å². The van der Waals surface area contributed by atoms with E-state index in [1.54, 1.807) is 0 Å². The van der Waals surface area contributed by atoms with Gasteiger partial charge >= 0.3 is 0 Å². The number of rotatable bonds is 6. The van der Waals surface area contributed by atoms with Crippen LogP contribution in [0.4, 0.5) is 0 Å². The fourth-order valence-corrected chi connectivity index (χ4v) is 3.22. The number of nitrogens with one attached hydrogen (secondary N) is 1. The molecule has 20 heavy (non-hydrogen) atoms. The van der Waals surface area contributed by atoms with E-state index in [1.165, 1.54) is 37.9 Å². The highest BCUT2D eigenvalue weighted by Gasteiger charge is 2.28. The zero-order valence-electron chi connectivity index (χ0n) is 13.3. The van der Waals surface area contributed by atoms with Crippen LogP contribution < -0.4 is 5.32 Å². The van der Waals surface area contributed by atoms with Crippen LogP contribution in [-0.2, 0) is 0 Å². The first-order valence-electron chi connectivity index (χ1n) is 8.23. The van der Waals surface area contributed by atoms with Crippen molar-refractivity contribution in [2.75, 3.05) is 19.6 Å². The average molecular weight is 274 g/mol. The fourth-order valence-electron chi connectivity index (χ4n) is 3.22. The Morgan fingerprint density at radius 3 is 2.65 bits per heavy atom. The maximum absolute atomic E-state index is 3.76. The van der Waals surface area contributed by atoms with Gasteiger partial charge in [-0.3, -0.25) is 4.90 Å². The third-order valence-electron chi connectivity index (χ3n) is 4.23. The molecule has 2 unspecified atom stereocenters. The quantitative estimate of drug-likeness (QED) is 0.847. The molecule has 0 radical (unpaired) electrons. The number of nitrogens with zero attached hydrogens (tertiary/aromatic N) is 1. The van der Waals surface area contributed by atoms with Crippen molar-refractivity contribution < 1.29 is 0 Å². The van der Waals surface area contributed by atoms with Crippen LogP contribution in [0.1, 0.15) is 51.6 Å². The van der Waals surface area contributed by atoms with Crippen molar-refractivity contribution in [3.8, 4) is 0 Å². The average Bonchev–Trinajstić information content (AvgIpc) is 2.45. The van der Waals surface area contributed by atoms with Crippen molar-refractivity contribution in [2.24, 2.45) is 5.92 Å². The summed E-state index contributed by atoms with van der Waals surface area (Å²) in [6.07, 6.45) is 3.86. The number of benzene rings is 1. The van der Waals surface area contributed by atoms with Gasteiger partial charge in [-0.15, -0.1) is 0 Å². The summed E-state index contributed by atoms with van der Waals surface area (Å²) in [6.45, 7) is 10.4. The van der Waals surface area contributed by atoms with E-state index >= 15 is 0 Å². The Morgan fingerprint density at radius 2 is 2.00 bits per heavy atom. The van der Waals surface area contributed by atoms with E-state index in [1.807, 2.05) is 0 Å². The summed E-state index contributed by atoms with van der Waals surface area (Å²) in [4.78, 5) is 2.70. The fraction of sp³-hybridized carbons (Fsp3) is 0.667. The minimum Gasteiger partial charge on any atom is -0.311 e. The smallest absolute Gasteiger partial charge is 0.0473 e. The molecule has 2 nitrogen and oxygen atoms in total. The molecule has 1 aromatic rings. The third-order valence-corrected chi connectivity index (χ3v) is 4.23. The van der Waals surface area contributed by atoms with Crippen molar-refractivity contribution >= 4 is 0 Å². The van der Waals surface area contributed by atoms with E-state index in [4.69, 9.17) is 0 Å². The Hall–Kier alpha value is -0.860. The molecule has 112 valence electrons. The second-order valence-corrected chi connectivity index (χ2v) is 6.51. The molecule has 1 heterocycles. The van der Waals surface area contributed by atoms with E-state index in [0.717, 1.165) is 12.5 Å². The van der Waals surface area contributed by atoms with Crippen molar-refractivity contribution in [3.63, 3.8) is 0 Å². The molecule has 0 bridgehead atoms. The van der Waals surface area contributed by atoms with Crippen LogP contribution in [0.5, 0.6) is 0 Å². The van der Waals surface area contributed by atoms with Gasteiger partial charge in [-0.1, -0.05) is 57.5 Å². The summed E-state index contributed by atoms with van der Waals surface area (Å²) in [6, 6.07) is 12.2. The SMILES string of the molecule is CCCCN1CC(CC(C)C)NCC1c1ccccc1. The first-order valence-corrected chi connectivity index (χ1v) is 8.23. The summed E-state index contributed by atoms with van der Waals surface area (Å²) in [5.41, 5.74) is 1.46. The molecule has 0 spiro atoms. The van der Waals surface area contributed by atoms with Crippen LogP contribution >= 0.6 is 0 Å². The highest BCUT2D eigenvalue weighted by molar-refractivity contribution is 5.20. The molecular weight excluding hydrogens is 244 g/mol. The normalized spacial score (nSPS) is 24.2. The van der Waals surface area contributed by atoms with Gasteiger partial charge in [0.1, 0.15) is 0 Å². The predicted molar refractivity (Wildman–Crippen MR) is 86.9 cm³/mol. The lowest BCUT2D eigenvalue weighted by Crippen LogP contribution is -2.52. The van der Waals surface area contributed by atoms with Crippen molar-refractivity contribution in [3.05, 3.63) is 35.9 Å². The van der Waals surface area contributed by atoms with Crippen LogP contribution in [0.25, 0.3) is 0 Å². The Kier molecular flexibility index (Phi) is 6.06. The molecule has 1 aromatic carbocycles. The number of piperazine rings is 1. The molecule has 2 rings (SSSR count).